The maximum atomic E-state index is 5.71. The maximum absolute atomic E-state index is 5.71. The number of nitrogens with one attached hydrogen (secondary N) is 1. The van der Waals surface area contributed by atoms with Crippen LogP contribution in [0.1, 0.15) is 11.4 Å². The van der Waals surface area contributed by atoms with Crippen molar-refractivity contribution in [2.45, 2.75) is 6.42 Å². The molecule has 0 aliphatic rings. The van der Waals surface area contributed by atoms with E-state index in [-0.39, 0.29) is 0 Å². The number of anilines is 1. The topological polar surface area (TPSA) is 80.5 Å². The molecule has 2 aromatic carbocycles. The van der Waals surface area contributed by atoms with Gasteiger partial charge in [-0.2, -0.15) is 5.10 Å². The van der Waals surface area contributed by atoms with E-state index in [1.165, 1.54) is 0 Å². The Bertz CT molecular complexity index is 957. The van der Waals surface area contributed by atoms with Crippen LogP contribution >= 0.6 is 0 Å². The fraction of sp³-hybridized carbons (Fsp3) is 0.0500. The maximum Gasteiger partial charge on any atom is 0.181 e. The van der Waals surface area contributed by atoms with E-state index in [1.807, 2.05) is 66.7 Å². The van der Waals surface area contributed by atoms with Crippen LogP contribution in [0.15, 0.2) is 72.9 Å². The number of nitrogen functional groups attached to an aromatic ring is 1. The summed E-state index contributed by atoms with van der Waals surface area (Å²) in [7, 11) is 0. The lowest BCUT2D eigenvalue weighted by Crippen LogP contribution is -1.92. The fourth-order valence-electron chi connectivity index (χ4n) is 2.66. The second-order valence-electron chi connectivity index (χ2n) is 5.82. The molecule has 0 aliphatic carbocycles. The number of rotatable bonds is 4. The summed E-state index contributed by atoms with van der Waals surface area (Å²) in [4.78, 5) is 8.95. The highest BCUT2D eigenvalue weighted by molar-refractivity contribution is 5.64. The van der Waals surface area contributed by atoms with Gasteiger partial charge in [-0.05, 0) is 29.8 Å². The Morgan fingerprint density at radius 2 is 1.60 bits per heavy atom. The molecule has 0 amide bonds. The molecule has 4 rings (SSSR count). The molecule has 0 bridgehead atoms. The predicted molar refractivity (Wildman–Crippen MR) is 98.7 cm³/mol. The van der Waals surface area contributed by atoms with Gasteiger partial charge in [0, 0.05) is 29.4 Å². The first-order valence-electron chi connectivity index (χ1n) is 8.05. The van der Waals surface area contributed by atoms with Crippen LogP contribution in [0.4, 0.5) is 5.69 Å². The minimum atomic E-state index is 0.693. The average Bonchev–Trinajstić information content (AvgIpc) is 3.13. The Kier molecular flexibility index (Phi) is 3.96. The summed E-state index contributed by atoms with van der Waals surface area (Å²) in [5, 5.41) is 7.34. The van der Waals surface area contributed by atoms with Crippen molar-refractivity contribution < 1.29 is 0 Å². The van der Waals surface area contributed by atoms with Crippen molar-refractivity contribution in [3.8, 4) is 22.6 Å². The van der Waals surface area contributed by atoms with Crippen molar-refractivity contribution in [2.75, 3.05) is 5.73 Å². The Labute approximate surface area is 145 Å². The molecule has 0 aliphatic heterocycles. The number of nitrogens with zero attached hydrogens (tertiary/aromatic N) is 3. The van der Waals surface area contributed by atoms with Gasteiger partial charge in [0.25, 0.3) is 0 Å². The first-order chi connectivity index (χ1) is 12.3. The van der Waals surface area contributed by atoms with Crippen molar-refractivity contribution in [3.63, 3.8) is 0 Å². The number of aromatic amines is 1. The summed E-state index contributed by atoms with van der Waals surface area (Å²) in [6, 6.07) is 21.8. The third kappa shape index (κ3) is 3.40. The Morgan fingerprint density at radius 3 is 2.32 bits per heavy atom. The van der Waals surface area contributed by atoms with Gasteiger partial charge in [0.2, 0.25) is 0 Å². The molecule has 5 nitrogen and oxygen atoms in total. The molecule has 0 fully saturated rings. The summed E-state index contributed by atoms with van der Waals surface area (Å²) in [5.74, 6) is 1.52. The Hall–Kier alpha value is -3.47. The summed E-state index contributed by atoms with van der Waals surface area (Å²) in [6.45, 7) is 0. The lowest BCUT2D eigenvalue weighted by molar-refractivity contribution is 0.973. The number of nitrogens with two attached hydrogens (primary N) is 1. The van der Waals surface area contributed by atoms with Gasteiger partial charge < -0.3 is 5.73 Å². The number of hydrogen-bond acceptors (Lipinski definition) is 4. The van der Waals surface area contributed by atoms with Gasteiger partial charge in [0.05, 0.1) is 5.69 Å². The van der Waals surface area contributed by atoms with Crippen LogP contribution in [0.2, 0.25) is 0 Å². The van der Waals surface area contributed by atoms with Gasteiger partial charge in [-0.1, -0.05) is 42.5 Å². The molecule has 2 heterocycles. The van der Waals surface area contributed by atoms with Gasteiger partial charge in [0.1, 0.15) is 5.82 Å². The molecular weight excluding hydrogens is 310 g/mol. The van der Waals surface area contributed by atoms with Crippen LogP contribution in [-0.4, -0.2) is 20.2 Å². The van der Waals surface area contributed by atoms with Crippen LogP contribution in [0.25, 0.3) is 22.6 Å². The number of aromatic nitrogens is 4. The zero-order valence-corrected chi connectivity index (χ0v) is 13.6. The molecular formula is C20H17N5. The molecule has 122 valence electrons. The number of benzene rings is 2. The van der Waals surface area contributed by atoms with Gasteiger partial charge >= 0.3 is 0 Å². The highest BCUT2D eigenvalue weighted by Gasteiger charge is 2.07. The zero-order chi connectivity index (χ0) is 17.1. The first kappa shape index (κ1) is 15.1. The smallest absolute Gasteiger partial charge is 0.181 e. The fourth-order valence-corrected chi connectivity index (χ4v) is 2.66. The van der Waals surface area contributed by atoms with E-state index in [2.05, 4.69) is 20.2 Å². The molecule has 0 atom stereocenters. The monoisotopic (exact) mass is 327 g/mol. The van der Waals surface area contributed by atoms with Crippen molar-refractivity contribution >= 4 is 5.69 Å². The van der Waals surface area contributed by atoms with Crippen molar-refractivity contribution in [1.29, 1.82) is 0 Å². The van der Waals surface area contributed by atoms with E-state index in [9.17, 15) is 0 Å². The number of pyridine rings is 1. The van der Waals surface area contributed by atoms with Gasteiger partial charge in [-0.25, -0.2) is 4.98 Å². The molecule has 3 N–H and O–H groups in total. The van der Waals surface area contributed by atoms with E-state index in [1.54, 1.807) is 6.20 Å². The van der Waals surface area contributed by atoms with Gasteiger partial charge in [0.15, 0.2) is 5.82 Å². The summed E-state index contributed by atoms with van der Waals surface area (Å²) < 4.78 is 0. The standard InChI is InChI=1S/C20H17N5/c21-17-10-4-14(5-11-17)13-19-23-20(25-24-19)16-8-6-15(7-9-16)18-3-1-2-12-22-18/h1-12H,13,21H2,(H,23,24,25). The van der Waals surface area contributed by atoms with Crippen LogP contribution < -0.4 is 5.73 Å². The third-order valence-electron chi connectivity index (χ3n) is 3.99. The summed E-state index contributed by atoms with van der Waals surface area (Å²) in [6.07, 6.45) is 2.49. The highest BCUT2D eigenvalue weighted by atomic mass is 15.2. The zero-order valence-electron chi connectivity index (χ0n) is 13.6. The largest absolute Gasteiger partial charge is 0.399 e. The molecule has 4 aromatic rings. The van der Waals surface area contributed by atoms with E-state index >= 15 is 0 Å². The second-order valence-corrected chi connectivity index (χ2v) is 5.82. The second kappa shape index (κ2) is 6.57. The quantitative estimate of drug-likeness (QED) is 0.560. The van der Waals surface area contributed by atoms with E-state index in [0.29, 0.717) is 12.2 Å². The van der Waals surface area contributed by atoms with Crippen LogP contribution in [0.3, 0.4) is 0 Å². The Balaban J connectivity index is 1.52. The third-order valence-corrected chi connectivity index (χ3v) is 3.99. The number of hydrogen-bond donors (Lipinski definition) is 2. The lowest BCUT2D eigenvalue weighted by atomic mass is 10.1. The van der Waals surface area contributed by atoms with Gasteiger partial charge in [-0.15, -0.1) is 0 Å². The summed E-state index contributed by atoms with van der Waals surface area (Å²) >= 11 is 0. The molecule has 0 saturated carbocycles. The van der Waals surface area contributed by atoms with Crippen molar-refractivity contribution in [2.24, 2.45) is 0 Å². The van der Waals surface area contributed by atoms with E-state index in [0.717, 1.165) is 33.9 Å². The van der Waals surface area contributed by atoms with Crippen LogP contribution in [0.5, 0.6) is 0 Å². The van der Waals surface area contributed by atoms with Crippen molar-refractivity contribution in [3.05, 3.63) is 84.3 Å². The Morgan fingerprint density at radius 1 is 0.840 bits per heavy atom. The van der Waals surface area contributed by atoms with E-state index < -0.39 is 0 Å². The van der Waals surface area contributed by atoms with Crippen molar-refractivity contribution in [1.82, 2.24) is 20.2 Å². The SMILES string of the molecule is Nc1ccc(Cc2nc(-c3ccc(-c4ccccn4)cc3)n[nH]2)cc1. The molecule has 0 spiro atoms. The predicted octanol–water partition coefficient (Wildman–Crippen LogP) is 3.71. The lowest BCUT2D eigenvalue weighted by Gasteiger charge is -2.01. The molecule has 5 heteroatoms. The minimum absolute atomic E-state index is 0.693. The van der Waals surface area contributed by atoms with Gasteiger partial charge in [-0.3, -0.25) is 10.1 Å². The normalized spacial score (nSPS) is 10.7. The first-order valence-corrected chi connectivity index (χ1v) is 8.05. The molecule has 0 unspecified atom stereocenters. The minimum Gasteiger partial charge on any atom is -0.399 e. The highest BCUT2D eigenvalue weighted by Crippen LogP contribution is 2.21. The van der Waals surface area contributed by atoms with Crippen LogP contribution in [-0.2, 0) is 6.42 Å². The summed E-state index contributed by atoms with van der Waals surface area (Å²) in [5.41, 5.74) is 10.6. The average molecular weight is 327 g/mol. The molecule has 2 aromatic heterocycles. The number of H-pyrrole nitrogens is 1. The molecule has 0 radical (unpaired) electrons. The molecule has 0 saturated heterocycles. The molecule has 25 heavy (non-hydrogen) atoms. The van der Waals surface area contributed by atoms with E-state index in [4.69, 9.17) is 5.73 Å². The van der Waals surface area contributed by atoms with Crippen LogP contribution in [0, 0.1) is 0 Å².